The first-order valence-corrected chi connectivity index (χ1v) is 9.61. The van der Waals surface area contributed by atoms with E-state index in [1.165, 1.54) is 16.7 Å². The van der Waals surface area contributed by atoms with Gasteiger partial charge in [0.1, 0.15) is 0 Å². The highest BCUT2D eigenvalue weighted by atomic mass is 14.9. The van der Waals surface area contributed by atoms with Crippen LogP contribution in [0.25, 0.3) is 0 Å². The van der Waals surface area contributed by atoms with Gasteiger partial charge in [-0.25, -0.2) is 0 Å². The molecule has 1 aliphatic rings. The summed E-state index contributed by atoms with van der Waals surface area (Å²) in [5.41, 5.74) is 6.51. The third-order valence-corrected chi connectivity index (χ3v) is 5.21. The van der Waals surface area contributed by atoms with E-state index in [0.29, 0.717) is 0 Å². The van der Waals surface area contributed by atoms with Crippen molar-refractivity contribution >= 4 is 11.4 Å². The van der Waals surface area contributed by atoms with E-state index in [-0.39, 0.29) is 0 Å². The fraction of sp³-hybridized carbons (Fsp3) is 0.111. The SMILES string of the molecule is C=C/C=C\C(=C/C)C1(/C(C=C)=C/C=C\C)c2ccccc2Nc2ccccc21. The van der Waals surface area contributed by atoms with E-state index < -0.39 is 5.41 Å². The zero-order valence-corrected chi connectivity index (χ0v) is 16.7. The van der Waals surface area contributed by atoms with Gasteiger partial charge in [-0.15, -0.1) is 0 Å². The van der Waals surface area contributed by atoms with Crippen LogP contribution in [0.1, 0.15) is 25.0 Å². The zero-order valence-electron chi connectivity index (χ0n) is 16.7. The lowest BCUT2D eigenvalue weighted by Crippen LogP contribution is -2.35. The Kier molecular flexibility index (Phi) is 5.96. The number of fused-ring (bicyclic) bond motifs is 2. The van der Waals surface area contributed by atoms with Crippen LogP contribution in [0.2, 0.25) is 0 Å². The molecular formula is C27H27N. The van der Waals surface area contributed by atoms with Crippen molar-refractivity contribution in [2.75, 3.05) is 5.32 Å². The Morgan fingerprint density at radius 3 is 1.96 bits per heavy atom. The largest absolute Gasteiger partial charge is 0.355 e. The molecule has 1 N–H and O–H groups in total. The Morgan fingerprint density at radius 1 is 0.857 bits per heavy atom. The number of rotatable bonds is 6. The molecule has 2 aromatic rings. The van der Waals surface area contributed by atoms with Crippen molar-refractivity contribution in [1.82, 2.24) is 0 Å². The second-order valence-electron chi connectivity index (χ2n) is 6.66. The van der Waals surface area contributed by atoms with Crippen LogP contribution < -0.4 is 5.32 Å². The molecule has 1 heterocycles. The Hall–Kier alpha value is -3.32. The van der Waals surface area contributed by atoms with E-state index in [4.69, 9.17) is 0 Å². The average molecular weight is 366 g/mol. The molecule has 0 aromatic heterocycles. The number of allylic oxidation sites excluding steroid dienone is 10. The molecule has 140 valence electrons. The van der Waals surface area contributed by atoms with Crippen LogP contribution in [0, 0.1) is 0 Å². The van der Waals surface area contributed by atoms with Gasteiger partial charge in [-0.05, 0) is 48.3 Å². The van der Waals surface area contributed by atoms with E-state index in [9.17, 15) is 0 Å². The smallest absolute Gasteiger partial charge is 0.0738 e. The highest BCUT2D eigenvalue weighted by Gasteiger charge is 2.44. The lowest BCUT2D eigenvalue weighted by Gasteiger charge is -2.43. The Morgan fingerprint density at radius 2 is 1.46 bits per heavy atom. The fourth-order valence-corrected chi connectivity index (χ4v) is 4.07. The van der Waals surface area contributed by atoms with E-state index >= 15 is 0 Å². The molecule has 28 heavy (non-hydrogen) atoms. The first-order chi connectivity index (χ1) is 13.7. The molecule has 0 unspecified atom stereocenters. The van der Waals surface area contributed by atoms with Crippen molar-refractivity contribution in [3.63, 3.8) is 0 Å². The average Bonchev–Trinajstić information content (AvgIpc) is 2.74. The van der Waals surface area contributed by atoms with Crippen LogP contribution in [0.15, 0.2) is 121 Å². The quantitative estimate of drug-likeness (QED) is 0.526. The summed E-state index contributed by atoms with van der Waals surface area (Å²) < 4.78 is 0. The molecule has 0 amide bonds. The van der Waals surface area contributed by atoms with Gasteiger partial charge in [0.15, 0.2) is 0 Å². The summed E-state index contributed by atoms with van der Waals surface area (Å²) in [5, 5.41) is 3.61. The summed E-state index contributed by atoms with van der Waals surface area (Å²) in [6, 6.07) is 17.0. The maximum Gasteiger partial charge on any atom is 0.0738 e. The molecule has 0 radical (unpaired) electrons. The highest BCUT2D eigenvalue weighted by Crippen LogP contribution is 2.54. The second-order valence-corrected chi connectivity index (χ2v) is 6.66. The van der Waals surface area contributed by atoms with Crippen LogP contribution in [0.3, 0.4) is 0 Å². The van der Waals surface area contributed by atoms with Gasteiger partial charge in [0.05, 0.1) is 5.41 Å². The summed E-state index contributed by atoms with van der Waals surface area (Å²) in [6.45, 7) is 12.2. The number of benzene rings is 2. The van der Waals surface area contributed by atoms with Crippen LogP contribution in [0.5, 0.6) is 0 Å². The minimum atomic E-state index is -0.464. The Bertz CT molecular complexity index is 953. The van der Waals surface area contributed by atoms with Gasteiger partial charge in [-0.1, -0.05) is 98.2 Å². The molecule has 0 aliphatic carbocycles. The number of para-hydroxylation sites is 2. The van der Waals surface area contributed by atoms with Crippen molar-refractivity contribution in [2.45, 2.75) is 19.3 Å². The monoisotopic (exact) mass is 365 g/mol. The van der Waals surface area contributed by atoms with Crippen LogP contribution >= 0.6 is 0 Å². The van der Waals surface area contributed by atoms with E-state index in [2.05, 4.69) is 98.2 Å². The molecule has 2 aromatic carbocycles. The molecule has 0 fully saturated rings. The minimum Gasteiger partial charge on any atom is -0.355 e. The van der Waals surface area contributed by atoms with Crippen LogP contribution in [-0.4, -0.2) is 0 Å². The lowest BCUT2D eigenvalue weighted by molar-refractivity contribution is 0.736. The van der Waals surface area contributed by atoms with Crippen molar-refractivity contribution < 1.29 is 0 Å². The molecule has 0 atom stereocenters. The topological polar surface area (TPSA) is 12.0 Å². The van der Waals surface area contributed by atoms with Gasteiger partial charge in [0, 0.05) is 11.4 Å². The van der Waals surface area contributed by atoms with Crippen molar-refractivity contribution in [2.24, 2.45) is 0 Å². The third-order valence-electron chi connectivity index (χ3n) is 5.21. The Labute approximate surface area is 168 Å². The highest BCUT2D eigenvalue weighted by molar-refractivity contribution is 5.82. The van der Waals surface area contributed by atoms with Crippen molar-refractivity contribution in [3.8, 4) is 0 Å². The Balaban J connectivity index is 2.51. The molecular weight excluding hydrogens is 338 g/mol. The standard InChI is InChI=1S/C27H27N/c1-5-9-15-21(7-3)27(22(8-4)16-10-6-2)23-17-11-13-19-25(23)28-26-20-14-12-18-24(26)27/h5-20,28H,1,4H2,2-3H3/b10-6-,15-9-,21-7+,22-16+. The van der Waals surface area contributed by atoms with Gasteiger partial charge in [0.25, 0.3) is 0 Å². The molecule has 0 bridgehead atoms. The van der Waals surface area contributed by atoms with E-state index in [1.54, 1.807) is 0 Å². The summed E-state index contributed by atoms with van der Waals surface area (Å²) >= 11 is 0. The van der Waals surface area contributed by atoms with Crippen molar-refractivity contribution in [1.29, 1.82) is 0 Å². The number of hydrogen-bond acceptors (Lipinski definition) is 1. The molecule has 3 rings (SSSR count). The molecule has 1 nitrogen and oxygen atoms in total. The molecule has 1 aliphatic heterocycles. The van der Waals surface area contributed by atoms with Crippen molar-refractivity contribution in [3.05, 3.63) is 133 Å². The number of nitrogens with one attached hydrogen (secondary N) is 1. The first kappa shape index (κ1) is 19.4. The number of hydrogen-bond donors (Lipinski definition) is 1. The molecule has 0 saturated heterocycles. The summed E-state index contributed by atoms with van der Waals surface area (Å²) in [6.07, 6.45) is 16.4. The summed E-state index contributed by atoms with van der Waals surface area (Å²) in [4.78, 5) is 0. The normalized spacial score (nSPS) is 15.8. The van der Waals surface area contributed by atoms with Gasteiger partial charge in [-0.2, -0.15) is 0 Å². The molecule has 0 saturated carbocycles. The van der Waals surface area contributed by atoms with E-state index in [0.717, 1.165) is 16.9 Å². The maximum absolute atomic E-state index is 4.18. The van der Waals surface area contributed by atoms with Gasteiger partial charge in [-0.3, -0.25) is 0 Å². The number of anilines is 2. The second kappa shape index (κ2) is 8.58. The zero-order chi connectivity index (χ0) is 20.0. The molecule has 1 heteroatoms. The van der Waals surface area contributed by atoms with Crippen LogP contribution in [-0.2, 0) is 5.41 Å². The molecule has 0 spiro atoms. The van der Waals surface area contributed by atoms with E-state index in [1.807, 2.05) is 31.2 Å². The predicted octanol–water partition coefficient (Wildman–Crippen LogP) is 7.41. The third kappa shape index (κ3) is 3.10. The summed E-state index contributed by atoms with van der Waals surface area (Å²) in [5.74, 6) is 0. The predicted molar refractivity (Wildman–Crippen MR) is 123 cm³/mol. The fourth-order valence-electron chi connectivity index (χ4n) is 4.07. The first-order valence-electron chi connectivity index (χ1n) is 9.61. The lowest BCUT2D eigenvalue weighted by atomic mass is 9.61. The summed E-state index contributed by atoms with van der Waals surface area (Å²) in [7, 11) is 0. The maximum atomic E-state index is 4.18. The van der Waals surface area contributed by atoms with Gasteiger partial charge < -0.3 is 5.32 Å². The van der Waals surface area contributed by atoms with Crippen LogP contribution in [0.4, 0.5) is 11.4 Å². The van der Waals surface area contributed by atoms with Gasteiger partial charge >= 0.3 is 0 Å². The van der Waals surface area contributed by atoms with Gasteiger partial charge in [0.2, 0.25) is 0 Å². The minimum absolute atomic E-state index is 0.464.